The SMILES string of the molecule is C[C@@H](NC(=O)CN(C)Cc1ccc(Br)cc1)c1ccc(Cl)cc1. The number of likely N-dealkylation sites (N-methyl/N-ethyl adjacent to an activating group) is 1. The van der Waals surface area contributed by atoms with Gasteiger partial charge in [0.2, 0.25) is 5.91 Å². The maximum absolute atomic E-state index is 12.2. The Labute approximate surface area is 150 Å². The van der Waals surface area contributed by atoms with Crippen molar-refractivity contribution in [3.05, 3.63) is 69.2 Å². The molecule has 0 bridgehead atoms. The highest BCUT2D eigenvalue weighted by Gasteiger charge is 2.12. The molecule has 0 radical (unpaired) electrons. The third-order valence-electron chi connectivity index (χ3n) is 3.53. The summed E-state index contributed by atoms with van der Waals surface area (Å²) < 4.78 is 1.05. The van der Waals surface area contributed by atoms with Gasteiger partial charge in [-0.3, -0.25) is 9.69 Å². The monoisotopic (exact) mass is 394 g/mol. The van der Waals surface area contributed by atoms with Crippen molar-refractivity contribution in [3.63, 3.8) is 0 Å². The minimum atomic E-state index is -0.0409. The number of amides is 1. The molecule has 0 unspecified atom stereocenters. The first-order valence-corrected chi connectivity index (χ1v) is 8.59. The van der Waals surface area contributed by atoms with Crippen LogP contribution >= 0.6 is 27.5 Å². The fourth-order valence-corrected chi connectivity index (χ4v) is 2.71. The van der Waals surface area contributed by atoms with E-state index in [0.29, 0.717) is 11.6 Å². The van der Waals surface area contributed by atoms with Gasteiger partial charge in [0, 0.05) is 16.0 Å². The molecule has 1 atom stereocenters. The van der Waals surface area contributed by atoms with Gasteiger partial charge >= 0.3 is 0 Å². The van der Waals surface area contributed by atoms with Gasteiger partial charge < -0.3 is 5.32 Å². The molecule has 1 N–H and O–H groups in total. The number of nitrogens with one attached hydrogen (secondary N) is 1. The molecule has 0 saturated heterocycles. The minimum absolute atomic E-state index is 0.00654. The molecule has 122 valence electrons. The average molecular weight is 396 g/mol. The maximum atomic E-state index is 12.2. The van der Waals surface area contributed by atoms with Crippen LogP contribution < -0.4 is 5.32 Å². The number of carbonyl (C=O) groups excluding carboxylic acids is 1. The summed E-state index contributed by atoms with van der Waals surface area (Å²) in [6.07, 6.45) is 0. The molecule has 0 aromatic heterocycles. The highest BCUT2D eigenvalue weighted by molar-refractivity contribution is 9.10. The smallest absolute Gasteiger partial charge is 0.234 e. The zero-order valence-corrected chi connectivity index (χ0v) is 15.6. The van der Waals surface area contributed by atoms with E-state index in [1.54, 1.807) is 0 Å². The summed E-state index contributed by atoms with van der Waals surface area (Å²) >= 11 is 9.30. The van der Waals surface area contributed by atoms with Crippen molar-refractivity contribution in [2.45, 2.75) is 19.5 Å². The predicted molar refractivity (Wildman–Crippen MR) is 98.5 cm³/mol. The van der Waals surface area contributed by atoms with Crippen molar-refractivity contribution in [1.82, 2.24) is 10.2 Å². The van der Waals surface area contributed by atoms with Gasteiger partial charge in [0.15, 0.2) is 0 Å². The summed E-state index contributed by atoms with van der Waals surface area (Å²) in [5.41, 5.74) is 2.22. The molecule has 3 nitrogen and oxygen atoms in total. The lowest BCUT2D eigenvalue weighted by molar-refractivity contribution is -0.122. The largest absolute Gasteiger partial charge is 0.348 e. The molecule has 0 aliphatic rings. The van der Waals surface area contributed by atoms with Crippen molar-refractivity contribution in [3.8, 4) is 0 Å². The molecule has 2 aromatic carbocycles. The van der Waals surface area contributed by atoms with E-state index in [9.17, 15) is 4.79 Å². The van der Waals surface area contributed by atoms with E-state index in [0.717, 1.165) is 16.6 Å². The number of rotatable bonds is 6. The second kappa shape index (κ2) is 8.48. The molecule has 0 aliphatic heterocycles. The van der Waals surface area contributed by atoms with Crippen LogP contribution in [0.4, 0.5) is 0 Å². The zero-order valence-electron chi connectivity index (χ0n) is 13.2. The van der Waals surface area contributed by atoms with Crippen LogP contribution in [0.5, 0.6) is 0 Å². The fourth-order valence-electron chi connectivity index (χ4n) is 2.32. The van der Waals surface area contributed by atoms with Crippen LogP contribution in [0, 0.1) is 0 Å². The first kappa shape index (κ1) is 18.0. The summed E-state index contributed by atoms with van der Waals surface area (Å²) in [5, 5.41) is 3.71. The summed E-state index contributed by atoms with van der Waals surface area (Å²) in [4.78, 5) is 14.2. The number of hydrogen-bond donors (Lipinski definition) is 1. The van der Waals surface area contributed by atoms with Crippen LogP contribution in [-0.4, -0.2) is 24.4 Å². The molecule has 0 aliphatic carbocycles. The molecular weight excluding hydrogens is 376 g/mol. The quantitative estimate of drug-likeness (QED) is 0.785. The molecule has 0 fully saturated rings. The van der Waals surface area contributed by atoms with E-state index in [4.69, 9.17) is 11.6 Å². The van der Waals surface area contributed by atoms with E-state index in [1.807, 2.05) is 55.3 Å². The molecule has 0 spiro atoms. The van der Waals surface area contributed by atoms with Gasteiger partial charge in [-0.05, 0) is 49.4 Å². The van der Waals surface area contributed by atoms with Crippen LogP contribution in [0.15, 0.2) is 53.0 Å². The molecule has 5 heteroatoms. The Morgan fingerprint density at radius 1 is 1.17 bits per heavy atom. The van der Waals surface area contributed by atoms with Crippen LogP contribution in [0.3, 0.4) is 0 Å². The van der Waals surface area contributed by atoms with Gasteiger partial charge in [0.1, 0.15) is 0 Å². The molecule has 2 rings (SSSR count). The lowest BCUT2D eigenvalue weighted by atomic mass is 10.1. The maximum Gasteiger partial charge on any atom is 0.234 e. The first-order chi connectivity index (χ1) is 10.9. The van der Waals surface area contributed by atoms with E-state index in [-0.39, 0.29) is 11.9 Å². The highest BCUT2D eigenvalue weighted by Crippen LogP contribution is 2.16. The zero-order chi connectivity index (χ0) is 16.8. The lowest BCUT2D eigenvalue weighted by Gasteiger charge is -2.19. The van der Waals surface area contributed by atoms with Gasteiger partial charge in [-0.15, -0.1) is 0 Å². The Bertz CT molecular complexity index is 643. The fraction of sp³-hybridized carbons (Fsp3) is 0.278. The summed E-state index contributed by atoms with van der Waals surface area (Å²) in [7, 11) is 1.94. The third kappa shape index (κ3) is 5.98. The second-order valence-corrected chi connectivity index (χ2v) is 6.99. The van der Waals surface area contributed by atoms with Crippen LogP contribution in [0.2, 0.25) is 5.02 Å². The number of hydrogen-bond acceptors (Lipinski definition) is 2. The van der Waals surface area contributed by atoms with Crippen LogP contribution in [0.1, 0.15) is 24.1 Å². The standard InChI is InChI=1S/C18H20BrClN2O/c1-13(15-5-9-17(20)10-6-15)21-18(23)12-22(2)11-14-3-7-16(19)8-4-14/h3-10,13H,11-12H2,1-2H3,(H,21,23)/t13-/m1/s1. The van der Waals surface area contributed by atoms with Crippen molar-refractivity contribution in [2.24, 2.45) is 0 Å². The van der Waals surface area contributed by atoms with Gasteiger partial charge in [-0.1, -0.05) is 51.8 Å². The number of carbonyl (C=O) groups is 1. The topological polar surface area (TPSA) is 32.3 Å². The highest BCUT2D eigenvalue weighted by atomic mass is 79.9. The Morgan fingerprint density at radius 2 is 1.78 bits per heavy atom. The third-order valence-corrected chi connectivity index (χ3v) is 4.31. The Balaban J connectivity index is 1.83. The normalized spacial score (nSPS) is 12.2. The lowest BCUT2D eigenvalue weighted by Crippen LogP contribution is -2.36. The average Bonchev–Trinajstić information content (AvgIpc) is 2.50. The van der Waals surface area contributed by atoms with Crippen LogP contribution in [-0.2, 0) is 11.3 Å². The Hall–Kier alpha value is -1.36. The molecule has 23 heavy (non-hydrogen) atoms. The first-order valence-electron chi connectivity index (χ1n) is 7.42. The summed E-state index contributed by atoms with van der Waals surface area (Å²) in [6, 6.07) is 15.6. The van der Waals surface area contributed by atoms with Gasteiger partial charge in [-0.25, -0.2) is 0 Å². The van der Waals surface area contributed by atoms with Crippen LogP contribution in [0.25, 0.3) is 0 Å². The van der Waals surface area contributed by atoms with Crippen molar-refractivity contribution >= 4 is 33.4 Å². The van der Waals surface area contributed by atoms with Crippen molar-refractivity contribution < 1.29 is 4.79 Å². The summed E-state index contributed by atoms with van der Waals surface area (Å²) in [6.45, 7) is 3.06. The molecule has 0 saturated carbocycles. The molecule has 2 aromatic rings. The van der Waals surface area contributed by atoms with Crippen molar-refractivity contribution in [2.75, 3.05) is 13.6 Å². The molecular formula is C18H20BrClN2O. The Kier molecular flexibility index (Phi) is 6.63. The van der Waals surface area contributed by atoms with Gasteiger partial charge in [-0.2, -0.15) is 0 Å². The van der Waals surface area contributed by atoms with Gasteiger partial charge in [0.05, 0.1) is 12.6 Å². The summed E-state index contributed by atoms with van der Waals surface area (Å²) in [5.74, 6) is 0.00654. The van der Waals surface area contributed by atoms with E-state index < -0.39 is 0 Å². The molecule has 1 amide bonds. The minimum Gasteiger partial charge on any atom is -0.348 e. The Morgan fingerprint density at radius 3 is 2.39 bits per heavy atom. The van der Waals surface area contributed by atoms with E-state index in [2.05, 4.69) is 33.4 Å². The number of nitrogens with zero attached hydrogens (tertiary/aromatic N) is 1. The van der Waals surface area contributed by atoms with Crippen molar-refractivity contribution in [1.29, 1.82) is 0 Å². The predicted octanol–water partition coefficient (Wildman–Crippen LogP) is 4.41. The second-order valence-electron chi connectivity index (χ2n) is 5.64. The van der Waals surface area contributed by atoms with Gasteiger partial charge in [0.25, 0.3) is 0 Å². The van der Waals surface area contributed by atoms with E-state index in [1.165, 1.54) is 5.56 Å². The molecule has 0 heterocycles. The number of benzene rings is 2. The van der Waals surface area contributed by atoms with E-state index >= 15 is 0 Å². The number of halogens is 2.